The lowest BCUT2D eigenvalue weighted by Gasteiger charge is -2.22. The normalized spacial score (nSPS) is 11.2. The Labute approximate surface area is 173 Å². The molecule has 0 aliphatic heterocycles. The number of hydrogen-bond acceptors (Lipinski definition) is 6. The van der Waals surface area contributed by atoms with E-state index in [0.717, 1.165) is 32.5 Å². The van der Waals surface area contributed by atoms with Crippen LogP contribution < -0.4 is 10.1 Å². The summed E-state index contributed by atoms with van der Waals surface area (Å²) in [5.74, 6) is 8.00. The van der Waals surface area contributed by atoms with Crippen molar-refractivity contribution in [3.8, 4) is 28.2 Å². The molecule has 4 heterocycles. The van der Waals surface area contributed by atoms with E-state index in [9.17, 15) is 0 Å². The lowest BCUT2D eigenvalue weighted by molar-refractivity contribution is 0.413. The van der Waals surface area contributed by atoms with Gasteiger partial charge in [0, 0.05) is 29.7 Å². The Kier molecular flexibility index (Phi) is 4.95. The third-order valence-corrected chi connectivity index (χ3v) is 5.05. The maximum atomic E-state index is 5.20. The van der Waals surface area contributed by atoms with Gasteiger partial charge in [-0.2, -0.15) is 0 Å². The van der Waals surface area contributed by atoms with Crippen molar-refractivity contribution < 1.29 is 4.74 Å². The highest BCUT2D eigenvalue weighted by molar-refractivity contribution is 7.16. The predicted octanol–water partition coefficient (Wildman–Crippen LogP) is 4.47. The summed E-state index contributed by atoms with van der Waals surface area (Å²) in [7, 11) is 1.62. The summed E-state index contributed by atoms with van der Waals surface area (Å²) in [4.78, 5) is 15.1. The van der Waals surface area contributed by atoms with Gasteiger partial charge in [0.25, 0.3) is 0 Å². The number of ether oxygens (including phenoxy) is 1. The van der Waals surface area contributed by atoms with Gasteiger partial charge in [0.05, 0.1) is 29.3 Å². The molecule has 4 rings (SSSR count). The fraction of sp³-hybridized carbons (Fsp3) is 0.227. The lowest BCUT2D eigenvalue weighted by atomic mass is 10.1. The number of fused-ring (bicyclic) bond motifs is 1. The quantitative estimate of drug-likeness (QED) is 0.511. The third-order valence-electron chi connectivity index (χ3n) is 4.04. The summed E-state index contributed by atoms with van der Waals surface area (Å²) in [6.45, 7) is 6.39. The highest BCUT2D eigenvalue weighted by Gasteiger charge is 2.20. The molecular formula is C22H21N5OS. The van der Waals surface area contributed by atoms with Crippen molar-refractivity contribution in [3.05, 3.63) is 59.6 Å². The smallest absolute Gasteiger partial charge is 0.157 e. The van der Waals surface area contributed by atoms with Crippen LogP contribution in [0.25, 0.3) is 16.2 Å². The van der Waals surface area contributed by atoms with Crippen LogP contribution in [0.2, 0.25) is 0 Å². The van der Waals surface area contributed by atoms with Gasteiger partial charge in [-0.1, -0.05) is 11.8 Å². The number of rotatable bonds is 3. The first-order valence-corrected chi connectivity index (χ1v) is 9.96. The first kappa shape index (κ1) is 19.0. The fourth-order valence-electron chi connectivity index (χ4n) is 2.82. The number of aromatic nitrogens is 4. The average molecular weight is 404 g/mol. The van der Waals surface area contributed by atoms with E-state index < -0.39 is 0 Å². The molecule has 0 aliphatic rings. The van der Waals surface area contributed by atoms with E-state index in [-0.39, 0.29) is 5.54 Å². The highest BCUT2D eigenvalue weighted by atomic mass is 32.1. The number of methoxy groups -OCH3 is 1. The number of pyridine rings is 1. The Morgan fingerprint density at radius 2 is 1.97 bits per heavy atom. The van der Waals surface area contributed by atoms with Crippen LogP contribution >= 0.6 is 11.3 Å². The number of nitrogens with zero attached hydrogens (tertiary/aromatic N) is 4. The molecule has 0 saturated heterocycles. The monoisotopic (exact) mass is 403 g/mol. The van der Waals surface area contributed by atoms with Gasteiger partial charge >= 0.3 is 0 Å². The molecule has 6 nitrogen and oxygen atoms in total. The minimum Gasteiger partial charge on any atom is -0.495 e. The number of imidazole rings is 1. The molecule has 0 saturated carbocycles. The van der Waals surface area contributed by atoms with Crippen LogP contribution in [-0.2, 0) is 0 Å². The van der Waals surface area contributed by atoms with Gasteiger partial charge in [-0.3, -0.25) is 14.4 Å². The summed E-state index contributed by atoms with van der Waals surface area (Å²) in [5, 5.41) is 3.57. The van der Waals surface area contributed by atoms with E-state index in [1.807, 2.05) is 22.7 Å². The Balaban J connectivity index is 1.70. The van der Waals surface area contributed by atoms with Gasteiger partial charge in [-0.05, 0) is 39.0 Å². The van der Waals surface area contributed by atoms with Crippen molar-refractivity contribution >= 4 is 22.8 Å². The zero-order valence-corrected chi connectivity index (χ0v) is 17.5. The molecule has 146 valence electrons. The molecule has 0 atom stereocenters. The Bertz CT molecular complexity index is 1220. The molecule has 0 radical (unpaired) electrons. The van der Waals surface area contributed by atoms with Gasteiger partial charge in [0.1, 0.15) is 17.3 Å². The van der Waals surface area contributed by atoms with Gasteiger partial charge < -0.3 is 10.1 Å². The van der Waals surface area contributed by atoms with E-state index in [1.165, 1.54) is 0 Å². The SMILES string of the molecule is COc1cncc(C#Cc2ccc(-c3nc4cnccn4c3NC(C)(C)C)s2)c1. The first-order valence-electron chi connectivity index (χ1n) is 9.14. The maximum Gasteiger partial charge on any atom is 0.157 e. The molecule has 29 heavy (non-hydrogen) atoms. The van der Waals surface area contributed by atoms with E-state index in [1.54, 1.807) is 43.2 Å². The van der Waals surface area contributed by atoms with Gasteiger partial charge in [0.15, 0.2) is 5.65 Å². The van der Waals surface area contributed by atoms with Crippen molar-refractivity contribution in [1.29, 1.82) is 0 Å². The molecule has 0 unspecified atom stereocenters. The van der Waals surface area contributed by atoms with Crippen LogP contribution in [0.3, 0.4) is 0 Å². The standard InChI is InChI=1S/C22H21N5OS/c1-22(2,3)26-21-20(25-19-14-23-9-10-27(19)21)18-8-7-17(29-18)6-5-15-11-16(28-4)13-24-12-15/h7-14,26H,1-4H3. The topological polar surface area (TPSA) is 64.3 Å². The fourth-order valence-corrected chi connectivity index (χ4v) is 3.67. The second kappa shape index (κ2) is 7.57. The molecule has 0 aliphatic carbocycles. The van der Waals surface area contributed by atoms with Crippen molar-refractivity contribution in [3.63, 3.8) is 0 Å². The number of thiophene rings is 1. The van der Waals surface area contributed by atoms with Crippen LogP contribution in [0, 0.1) is 11.8 Å². The van der Waals surface area contributed by atoms with E-state index >= 15 is 0 Å². The van der Waals surface area contributed by atoms with Crippen molar-refractivity contribution in [1.82, 2.24) is 19.4 Å². The van der Waals surface area contributed by atoms with Gasteiger partial charge in [-0.25, -0.2) is 4.98 Å². The van der Waals surface area contributed by atoms with Crippen LogP contribution in [0.5, 0.6) is 5.75 Å². The minimum absolute atomic E-state index is 0.104. The zero-order valence-electron chi connectivity index (χ0n) is 16.7. The van der Waals surface area contributed by atoms with Crippen LogP contribution in [0.1, 0.15) is 31.2 Å². The van der Waals surface area contributed by atoms with Gasteiger partial charge in [-0.15, -0.1) is 11.3 Å². The number of nitrogens with one attached hydrogen (secondary N) is 1. The molecule has 0 fully saturated rings. The maximum absolute atomic E-state index is 5.20. The second-order valence-corrected chi connectivity index (χ2v) is 8.60. The van der Waals surface area contributed by atoms with Gasteiger partial charge in [0.2, 0.25) is 0 Å². The summed E-state index contributed by atoms with van der Waals surface area (Å²) >= 11 is 1.61. The first-order chi connectivity index (χ1) is 13.9. The summed E-state index contributed by atoms with van der Waals surface area (Å²) < 4.78 is 7.23. The molecule has 0 bridgehead atoms. The summed E-state index contributed by atoms with van der Waals surface area (Å²) in [5.41, 5.74) is 2.41. The average Bonchev–Trinajstić information content (AvgIpc) is 3.30. The summed E-state index contributed by atoms with van der Waals surface area (Å²) in [6.07, 6.45) is 8.84. The van der Waals surface area contributed by atoms with Crippen LogP contribution in [-0.4, -0.2) is 32.0 Å². The van der Waals surface area contributed by atoms with E-state index in [2.05, 4.69) is 54.0 Å². The minimum atomic E-state index is -0.104. The molecule has 0 spiro atoms. The highest BCUT2D eigenvalue weighted by Crippen LogP contribution is 2.34. The molecule has 4 aromatic rings. The Morgan fingerprint density at radius 1 is 1.10 bits per heavy atom. The molecule has 4 aromatic heterocycles. The van der Waals surface area contributed by atoms with Crippen molar-refractivity contribution in [2.45, 2.75) is 26.3 Å². The van der Waals surface area contributed by atoms with E-state index in [4.69, 9.17) is 9.72 Å². The number of anilines is 1. The van der Waals surface area contributed by atoms with Crippen molar-refractivity contribution in [2.75, 3.05) is 12.4 Å². The van der Waals surface area contributed by atoms with Crippen molar-refractivity contribution in [2.24, 2.45) is 0 Å². The molecule has 0 aromatic carbocycles. The zero-order chi connectivity index (χ0) is 20.4. The van der Waals surface area contributed by atoms with Crippen LogP contribution in [0.15, 0.2) is 49.2 Å². The predicted molar refractivity (Wildman–Crippen MR) is 116 cm³/mol. The summed E-state index contributed by atoms with van der Waals surface area (Å²) in [6, 6.07) is 5.94. The second-order valence-electron chi connectivity index (χ2n) is 7.52. The molecule has 1 N–H and O–H groups in total. The number of hydrogen-bond donors (Lipinski definition) is 1. The Morgan fingerprint density at radius 3 is 2.76 bits per heavy atom. The largest absolute Gasteiger partial charge is 0.495 e. The van der Waals surface area contributed by atoms with E-state index in [0.29, 0.717) is 5.75 Å². The third kappa shape index (κ3) is 4.23. The lowest BCUT2D eigenvalue weighted by Crippen LogP contribution is -2.27. The molecule has 7 heteroatoms. The van der Waals surface area contributed by atoms with Crippen LogP contribution in [0.4, 0.5) is 5.82 Å². The Hall–Kier alpha value is -3.37. The molecule has 0 amide bonds. The molecular weight excluding hydrogens is 382 g/mol.